The van der Waals surface area contributed by atoms with E-state index in [1.807, 2.05) is 6.92 Å². The number of nitrogens with one attached hydrogen (secondary N) is 1. The van der Waals surface area contributed by atoms with Crippen molar-refractivity contribution in [3.8, 4) is 23.1 Å². The van der Waals surface area contributed by atoms with E-state index in [4.69, 9.17) is 15.6 Å². The van der Waals surface area contributed by atoms with Gasteiger partial charge in [0.2, 0.25) is 10.0 Å². The standard InChI is InChI=1S/C21H21N7O2S.C2HF3O2/c1-14-3-4-15(31(29,30)27-21-6-5-20(11-21,12-21)13-22)9-16(14)17-10-24-18(23)19(26-17)28-8-2-7-25-28;3-2(4,5)1(6)7/h2-4,7-10,27H,5-6,11-12H2,1H3,(H2,23,24);(H,6,7). The number of aliphatic carboxylic acids is 1. The molecule has 15 heteroatoms. The Hall–Kier alpha value is -4.03. The number of halogens is 3. The molecule has 38 heavy (non-hydrogen) atoms. The zero-order valence-corrected chi connectivity index (χ0v) is 20.7. The molecule has 3 fully saturated rings. The van der Waals surface area contributed by atoms with Gasteiger partial charge in [-0.05, 0) is 56.4 Å². The molecule has 2 bridgehead atoms. The van der Waals surface area contributed by atoms with Gasteiger partial charge >= 0.3 is 12.1 Å². The third-order valence-electron chi connectivity index (χ3n) is 6.56. The number of rotatable bonds is 5. The molecule has 11 nitrogen and oxygen atoms in total. The van der Waals surface area contributed by atoms with E-state index in [1.165, 1.54) is 10.9 Å². The van der Waals surface area contributed by atoms with Gasteiger partial charge in [0.15, 0.2) is 11.6 Å². The summed E-state index contributed by atoms with van der Waals surface area (Å²) in [5.74, 6) is -2.16. The average molecular weight is 550 g/mol. The van der Waals surface area contributed by atoms with Crippen molar-refractivity contribution in [1.29, 1.82) is 5.26 Å². The summed E-state index contributed by atoms with van der Waals surface area (Å²) >= 11 is 0. The van der Waals surface area contributed by atoms with Crippen molar-refractivity contribution in [1.82, 2.24) is 24.5 Å². The number of anilines is 1. The number of hydrogen-bond acceptors (Lipinski definition) is 8. The van der Waals surface area contributed by atoms with Gasteiger partial charge in [-0.15, -0.1) is 0 Å². The van der Waals surface area contributed by atoms with Crippen molar-refractivity contribution >= 4 is 21.8 Å². The van der Waals surface area contributed by atoms with Crippen LogP contribution in [0.1, 0.15) is 31.2 Å². The minimum Gasteiger partial charge on any atom is -0.475 e. The molecular formula is C23H22F3N7O4S. The number of benzene rings is 1. The van der Waals surface area contributed by atoms with Crippen LogP contribution in [0.25, 0.3) is 17.1 Å². The number of alkyl halides is 3. The number of carboxylic acid groups (broad SMARTS) is 1. The lowest BCUT2D eigenvalue weighted by Crippen LogP contribution is -2.55. The van der Waals surface area contributed by atoms with Crippen LogP contribution in [0.15, 0.2) is 47.8 Å². The number of aryl methyl sites for hydroxylation is 1. The lowest BCUT2D eigenvalue weighted by molar-refractivity contribution is -0.192. The Bertz CT molecular complexity index is 1530. The predicted molar refractivity (Wildman–Crippen MR) is 127 cm³/mol. The first-order chi connectivity index (χ1) is 17.7. The van der Waals surface area contributed by atoms with Crippen molar-refractivity contribution < 1.29 is 31.5 Å². The van der Waals surface area contributed by atoms with E-state index in [9.17, 15) is 26.9 Å². The Kier molecular flexibility index (Phi) is 6.66. The second-order valence-corrected chi connectivity index (χ2v) is 11.0. The number of nitrogens with two attached hydrogens (primary N) is 1. The van der Waals surface area contributed by atoms with Gasteiger partial charge in [-0.25, -0.2) is 32.6 Å². The average Bonchev–Trinajstić information content (AvgIpc) is 3.55. The molecule has 2 aromatic heterocycles. The Balaban J connectivity index is 0.000000426. The van der Waals surface area contributed by atoms with Gasteiger partial charge in [0, 0.05) is 23.5 Å². The zero-order valence-electron chi connectivity index (χ0n) is 19.9. The first kappa shape index (κ1) is 27.0. The molecule has 0 spiro atoms. The molecule has 3 aliphatic rings. The lowest BCUT2D eigenvalue weighted by atomic mass is 9.66. The third kappa shape index (κ3) is 5.18. The molecule has 1 aromatic carbocycles. The highest BCUT2D eigenvalue weighted by atomic mass is 32.2. The molecule has 0 atom stereocenters. The van der Waals surface area contributed by atoms with Gasteiger partial charge in [0.05, 0.1) is 28.3 Å². The molecule has 200 valence electrons. The fourth-order valence-corrected chi connectivity index (χ4v) is 6.26. The zero-order chi connectivity index (χ0) is 27.9. The maximum atomic E-state index is 13.1. The predicted octanol–water partition coefficient (Wildman–Crippen LogP) is 2.97. The summed E-state index contributed by atoms with van der Waals surface area (Å²) < 4.78 is 62.4. The Morgan fingerprint density at radius 3 is 2.53 bits per heavy atom. The van der Waals surface area contributed by atoms with Crippen LogP contribution in [-0.2, 0) is 14.8 Å². The Morgan fingerprint density at radius 2 is 1.97 bits per heavy atom. The summed E-state index contributed by atoms with van der Waals surface area (Å²) in [6.45, 7) is 1.88. The number of nitrogens with zero attached hydrogens (tertiary/aromatic N) is 5. The van der Waals surface area contributed by atoms with Gasteiger partial charge < -0.3 is 10.8 Å². The summed E-state index contributed by atoms with van der Waals surface area (Å²) in [4.78, 5) is 17.8. The van der Waals surface area contributed by atoms with E-state index < -0.39 is 27.7 Å². The third-order valence-corrected chi connectivity index (χ3v) is 8.14. The fraction of sp³-hybridized carbons (Fsp3) is 0.348. The van der Waals surface area contributed by atoms with Crippen LogP contribution >= 0.6 is 0 Å². The molecule has 3 aliphatic carbocycles. The number of sulfonamides is 1. The molecule has 2 heterocycles. The normalized spacial score (nSPS) is 22.1. The van der Waals surface area contributed by atoms with Gasteiger partial charge in [0.1, 0.15) is 0 Å². The molecule has 0 aliphatic heterocycles. The van der Waals surface area contributed by atoms with E-state index in [0.29, 0.717) is 36.3 Å². The topological polar surface area (TPSA) is 177 Å². The fourth-order valence-electron chi connectivity index (χ4n) is 4.80. The number of nitriles is 1. The maximum Gasteiger partial charge on any atom is 0.490 e. The van der Waals surface area contributed by atoms with Crippen LogP contribution in [0.3, 0.4) is 0 Å². The van der Waals surface area contributed by atoms with Gasteiger partial charge in [-0.1, -0.05) is 6.07 Å². The summed E-state index contributed by atoms with van der Waals surface area (Å²) in [6.07, 6.45) is 2.34. The molecule has 0 amide bonds. The van der Waals surface area contributed by atoms with Crippen molar-refractivity contribution in [3.05, 3.63) is 48.4 Å². The first-order valence-corrected chi connectivity index (χ1v) is 12.7. The lowest BCUT2D eigenvalue weighted by Gasteiger charge is -2.43. The van der Waals surface area contributed by atoms with E-state index >= 15 is 0 Å². The summed E-state index contributed by atoms with van der Waals surface area (Å²) in [5, 5.41) is 20.6. The number of aromatic nitrogens is 4. The number of carboxylic acids is 1. The molecule has 6 rings (SSSR count). The molecule has 4 N–H and O–H groups in total. The molecule has 3 saturated carbocycles. The largest absolute Gasteiger partial charge is 0.490 e. The quantitative estimate of drug-likeness (QED) is 0.432. The van der Waals surface area contributed by atoms with Crippen LogP contribution in [0, 0.1) is 23.7 Å². The molecule has 3 aromatic rings. The second kappa shape index (κ2) is 9.37. The van der Waals surface area contributed by atoms with Gasteiger partial charge in [-0.2, -0.15) is 23.5 Å². The highest BCUT2D eigenvalue weighted by Gasteiger charge is 2.62. The van der Waals surface area contributed by atoms with Crippen LogP contribution in [0.2, 0.25) is 0 Å². The second-order valence-electron chi connectivity index (χ2n) is 9.33. The van der Waals surface area contributed by atoms with Gasteiger partial charge in [-0.3, -0.25) is 0 Å². The highest BCUT2D eigenvalue weighted by Crippen LogP contribution is 2.61. The number of carbonyl (C=O) groups is 1. The minimum absolute atomic E-state index is 0.156. The van der Waals surface area contributed by atoms with Crippen molar-refractivity contribution in [2.45, 2.75) is 49.2 Å². The molecule has 0 unspecified atom stereocenters. The number of hydrogen-bond donors (Lipinski definition) is 3. The molecular weight excluding hydrogens is 527 g/mol. The monoisotopic (exact) mass is 549 g/mol. The summed E-state index contributed by atoms with van der Waals surface area (Å²) in [6, 6.07) is 9.04. The van der Waals surface area contributed by atoms with Crippen LogP contribution < -0.4 is 10.5 Å². The first-order valence-electron chi connectivity index (χ1n) is 11.2. The number of nitrogen functional groups attached to an aromatic ring is 1. The van der Waals surface area contributed by atoms with Crippen molar-refractivity contribution in [3.63, 3.8) is 0 Å². The highest BCUT2D eigenvalue weighted by molar-refractivity contribution is 7.89. The van der Waals surface area contributed by atoms with Crippen molar-refractivity contribution in [2.24, 2.45) is 5.41 Å². The van der Waals surface area contributed by atoms with Gasteiger partial charge in [0.25, 0.3) is 0 Å². The van der Waals surface area contributed by atoms with Crippen LogP contribution in [0.5, 0.6) is 0 Å². The van der Waals surface area contributed by atoms with E-state index in [1.54, 1.807) is 36.7 Å². The van der Waals surface area contributed by atoms with Crippen LogP contribution in [-0.4, -0.2) is 51.0 Å². The maximum absolute atomic E-state index is 13.1. The van der Waals surface area contributed by atoms with E-state index in [-0.39, 0.29) is 16.1 Å². The Morgan fingerprint density at radius 1 is 1.29 bits per heavy atom. The van der Waals surface area contributed by atoms with E-state index in [2.05, 4.69) is 25.9 Å². The van der Waals surface area contributed by atoms with E-state index in [0.717, 1.165) is 12.0 Å². The van der Waals surface area contributed by atoms with Crippen molar-refractivity contribution in [2.75, 3.05) is 5.73 Å². The minimum atomic E-state index is -5.08. The smallest absolute Gasteiger partial charge is 0.475 e. The molecule has 0 radical (unpaired) electrons. The van der Waals surface area contributed by atoms with Crippen LogP contribution in [0.4, 0.5) is 19.0 Å². The number of fused-ring (bicyclic) bond motifs is 1. The SMILES string of the molecule is Cc1ccc(S(=O)(=O)NC23CCC(C#N)(C2)C3)cc1-c1cnc(N)c(-n2cccn2)n1.O=C(O)C(F)(F)F. The summed E-state index contributed by atoms with van der Waals surface area (Å²) in [7, 11) is -3.76. The summed E-state index contributed by atoms with van der Waals surface area (Å²) in [5.41, 5.74) is 7.10. The Labute approximate surface area is 215 Å². The molecule has 0 saturated heterocycles.